The summed E-state index contributed by atoms with van der Waals surface area (Å²) in [5, 5.41) is 12.5. The third-order valence-corrected chi connectivity index (χ3v) is 3.51. The van der Waals surface area contributed by atoms with Crippen molar-refractivity contribution in [3.63, 3.8) is 0 Å². The Balaban J connectivity index is 4.85. The van der Waals surface area contributed by atoms with E-state index in [1.807, 2.05) is 48.5 Å². The van der Waals surface area contributed by atoms with E-state index in [1.54, 1.807) is 0 Å². The molecule has 0 heterocycles. The lowest BCUT2D eigenvalue weighted by Gasteiger charge is -2.32. The number of aliphatic hydroxyl groups excluding tert-OH is 1. The van der Waals surface area contributed by atoms with Gasteiger partial charge in [-0.25, -0.2) is 0 Å². The van der Waals surface area contributed by atoms with Gasteiger partial charge in [-0.3, -0.25) is 9.59 Å². The van der Waals surface area contributed by atoms with Crippen molar-refractivity contribution >= 4 is 11.6 Å². The molecule has 0 amide bonds. The molecular formula is C17H33NO3. The molecule has 0 aromatic rings. The number of aliphatic hydroxyl groups is 1. The highest BCUT2D eigenvalue weighted by Crippen LogP contribution is 2.21. The first-order valence-corrected chi connectivity index (χ1v) is 7.88. The molecule has 0 aliphatic carbocycles. The van der Waals surface area contributed by atoms with Crippen molar-refractivity contribution in [3.05, 3.63) is 0 Å². The number of rotatable bonds is 8. The number of Topliss-reactive ketones (excluding diaryl/α,β-unsaturated/α-hetero) is 2. The summed E-state index contributed by atoms with van der Waals surface area (Å²) in [7, 11) is 0. The first-order valence-electron chi connectivity index (χ1n) is 7.88. The van der Waals surface area contributed by atoms with Gasteiger partial charge in [-0.2, -0.15) is 0 Å². The molecule has 2 unspecified atom stereocenters. The zero-order valence-electron chi connectivity index (χ0n) is 14.7. The van der Waals surface area contributed by atoms with Crippen LogP contribution < -0.4 is 5.32 Å². The number of nitrogens with one attached hydrogen (secondary N) is 1. The lowest BCUT2D eigenvalue weighted by molar-refractivity contribution is -0.129. The Labute approximate surface area is 129 Å². The van der Waals surface area contributed by atoms with Crippen molar-refractivity contribution in [1.82, 2.24) is 5.32 Å². The van der Waals surface area contributed by atoms with Crippen LogP contribution in [0, 0.1) is 11.3 Å². The zero-order valence-corrected chi connectivity index (χ0v) is 14.7. The van der Waals surface area contributed by atoms with Crippen LogP contribution in [0.5, 0.6) is 0 Å². The lowest BCUT2D eigenvalue weighted by atomic mass is 9.83. The second-order valence-corrected chi connectivity index (χ2v) is 7.85. The number of carbonyl (C=O) groups is 2. The smallest absolute Gasteiger partial charge is 0.155 e. The average Bonchev–Trinajstić information content (AvgIpc) is 2.32. The molecule has 0 rings (SSSR count). The predicted octanol–water partition coefficient (Wildman–Crippen LogP) is 2.73. The molecule has 2 N–H and O–H groups in total. The fourth-order valence-electron chi connectivity index (χ4n) is 2.26. The Morgan fingerprint density at radius 2 is 1.62 bits per heavy atom. The normalized spacial score (nSPS) is 15.6. The first kappa shape index (κ1) is 20.3. The highest BCUT2D eigenvalue weighted by molar-refractivity contribution is 5.89. The van der Waals surface area contributed by atoms with E-state index >= 15 is 0 Å². The van der Waals surface area contributed by atoms with Crippen LogP contribution in [0.15, 0.2) is 0 Å². The van der Waals surface area contributed by atoms with Crippen molar-refractivity contribution in [2.45, 2.75) is 79.3 Å². The van der Waals surface area contributed by atoms with Crippen molar-refractivity contribution in [1.29, 1.82) is 0 Å². The van der Waals surface area contributed by atoms with E-state index in [-0.39, 0.29) is 35.7 Å². The minimum Gasteiger partial charge on any atom is -0.396 e. The topological polar surface area (TPSA) is 66.4 Å². The zero-order chi connectivity index (χ0) is 16.8. The largest absolute Gasteiger partial charge is 0.396 e. The van der Waals surface area contributed by atoms with E-state index in [2.05, 4.69) is 5.32 Å². The molecule has 0 saturated carbocycles. The standard InChI is InChI=1S/C17H33NO3/c1-8-12(11-19)14(20)10-9-13(18-17(5,6)7)15(21)16(2,3)4/h12-13,18-19H,8-11H2,1-7H3. The van der Waals surface area contributed by atoms with E-state index in [9.17, 15) is 14.7 Å². The van der Waals surface area contributed by atoms with Gasteiger partial charge in [0, 0.05) is 23.3 Å². The molecule has 0 saturated heterocycles. The summed E-state index contributed by atoms with van der Waals surface area (Å²) in [4.78, 5) is 24.6. The van der Waals surface area contributed by atoms with Crippen molar-refractivity contribution in [2.24, 2.45) is 11.3 Å². The third kappa shape index (κ3) is 7.72. The summed E-state index contributed by atoms with van der Waals surface area (Å²) in [6.45, 7) is 13.5. The maximum atomic E-state index is 12.5. The van der Waals surface area contributed by atoms with Gasteiger partial charge in [-0.05, 0) is 33.6 Å². The number of hydrogen-bond donors (Lipinski definition) is 2. The van der Waals surface area contributed by atoms with Gasteiger partial charge in [0.25, 0.3) is 0 Å². The van der Waals surface area contributed by atoms with Crippen LogP contribution in [0.4, 0.5) is 0 Å². The molecule has 0 bridgehead atoms. The lowest BCUT2D eigenvalue weighted by Crippen LogP contribution is -2.51. The van der Waals surface area contributed by atoms with E-state index < -0.39 is 5.41 Å². The fraction of sp³-hybridized carbons (Fsp3) is 0.882. The second-order valence-electron chi connectivity index (χ2n) is 7.85. The highest BCUT2D eigenvalue weighted by Gasteiger charge is 2.32. The summed E-state index contributed by atoms with van der Waals surface area (Å²) in [5.41, 5.74) is -0.622. The molecule has 0 spiro atoms. The van der Waals surface area contributed by atoms with Gasteiger partial charge < -0.3 is 10.4 Å². The van der Waals surface area contributed by atoms with E-state index in [1.165, 1.54) is 0 Å². The van der Waals surface area contributed by atoms with Crippen molar-refractivity contribution in [3.8, 4) is 0 Å². The molecule has 0 aliphatic heterocycles. The van der Waals surface area contributed by atoms with Gasteiger partial charge in [0.1, 0.15) is 5.78 Å². The molecule has 21 heavy (non-hydrogen) atoms. The monoisotopic (exact) mass is 299 g/mol. The SMILES string of the molecule is CCC(CO)C(=O)CCC(NC(C)(C)C)C(=O)C(C)(C)C. The van der Waals surface area contributed by atoms with Crippen LogP contribution in [0.2, 0.25) is 0 Å². The molecule has 0 aromatic heterocycles. The third-order valence-electron chi connectivity index (χ3n) is 3.51. The van der Waals surface area contributed by atoms with Crippen LogP contribution in [0.25, 0.3) is 0 Å². The van der Waals surface area contributed by atoms with Crippen LogP contribution in [-0.2, 0) is 9.59 Å². The molecule has 0 aromatic carbocycles. The Morgan fingerprint density at radius 1 is 1.10 bits per heavy atom. The van der Waals surface area contributed by atoms with Gasteiger partial charge >= 0.3 is 0 Å². The Morgan fingerprint density at radius 3 is 1.95 bits per heavy atom. The second kappa shape index (κ2) is 8.04. The van der Waals surface area contributed by atoms with E-state index in [0.29, 0.717) is 19.3 Å². The number of hydrogen-bond acceptors (Lipinski definition) is 4. The Bertz CT molecular complexity index is 346. The van der Waals surface area contributed by atoms with Gasteiger partial charge in [0.05, 0.1) is 12.6 Å². The summed E-state index contributed by atoms with van der Waals surface area (Å²) in [6.07, 6.45) is 1.46. The Hall–Kier alpha value is -0.740. The van der Waals surface area contributed by atoms with E-state index in [4.69, 9.17) is 0 Å². The maximum absolute atomic E-state index is 12.5. The summed E-state index contributed by atoms with van der Waals surface area (Å²) in [5.74, 6) is -0.130. The van der Waals surface area contributed by atoms with Crippen molar-refractivity contribution in [2.75, 3.05) is 6.61 Å². The first-order chi connectivity index (χ1) is 9.42. The van der Waals surface area contributed by atoms with Gasteiger partial charge in [-0.15, -0.1) is 0 Å². The number of carbonyl (C=O) groups excluding carboxylic acids is 2. The van der Waals surface area contributed by atoms with Crippen LogP contribution in [-0.4, -0.2) is 34.9 Å². The molecule has 4 heteroatoms. The predicted molar refractivity (Wildman–Crippen MR) is 86.2 cm³/mol. The fourth-order valence-corrected chi connectivity index (χ4v) is 2.26. The Kier molecular flexibility index (Phi) is 7.76. The summed E-state index contributed by atoms with van der Waals surface area (Å²) < 4.78 is 0. The van der Waals surface area contributed by atoms with E-state index in [0.717, 1.165) is 0 Å². The van der Waals surface area contributed by atoms with Gasteiger partial charge in [-0.1, -0.05) is 27.7 Å². The molecule has 0 fully saturated rings. The van der Waals surface area contributed by atoms with Gasteiger partial charge in [0.15, 0.2) is 5.78 Å². The minimum absolute atomic E-state index is 0.0439. The van der Waals surface area contributed by atoms with Crippen molar-refractivity contribution < 1.29 is 14.7 Å². The van der Waals surface area contributed by atoms with Crippen LogP contribution in [0.3, 0.4) is 0 Å². The highest BCUT2D eigenvalue weighted by atomic mass is 16.3. The summed E-state index contributed by atoms with van der Waals surface area (Å²) >= 11 is 0. The van der Waals surface area contributed by atoms with Crippen LogP contribution in [0.1, 0.15) is 67.7 Å². The molecule has 124 valence electrons. The molecule has 0 aliphatic rings. The quantitative estimate of drug-likeness (QED) is 0.723. The maximum Gasteiger partial charge on any atom is 0.155 e. The molecule has 4 nitrogen and oxygen atoms in total. The summed E-state index contributed by atoms with van der Waals surface area (Å²) in [6, 6.07) is -0.329. The number of ketones is 2. The molecule has 0 radical (unpaired) electrons. The minimum atomic E-state index is -0.437. The molecule has 2 atom stereocenters. The van der Waals surface area contributed by atoms with Gasteiger partial charge in [0.2, 0.25) is 0 Å². The average molecular weight is 299 g/mol. The van der Waals surface area contributed by atoms with Crippen LogP contribution >= 0.6 is 0 Å². The molecular weight excluding hydrogens is 266 g/mol.